The lowest BCUT2D eigenvalue weighted by Gasteiger charge is -2.24. The molecule has 0 amide bonds. The van der Waals surface area contributed by atoms with Crippen molar-refractivity contribution in [2.45, 2.75) is 46.5 Å². The molecule has 0 aromatic rings. The lowest BCUT2D eigenvalue weighted by atomic mass is 9.83. The van der Waals surface area contributed by atoms with Gasteiger partial charge in [0.2, 0.25) is 0 Å². The summed E-state index contributed by atoms with van der Waals surface area (Å²) in [5.41, 5.74) is -0.507. The molecule has 1 aliphatic rings. The summed E-state index contributed by atoms with van der Waals surface area (Å²) in [7, 11) is 0. The van der Waals surface area contributed by atoms with Crippen LogP contribution in [-0.2, 0) is 9.53 Å². The van der Waals surface area contributed by atoms with E-state index in [9.17, 15) is 9.90 Å². The molecular formula is C15H29NO3. The monoisotopic (exact) mass is 271 g/mol. The fourth-order valence-electron chi connectivity index (χ4n) is 2.73. The van der Waals surface area contributed by atoms with Gasteiger partial charge in [0.05, 0.1) is 12.0 Å². The molecule has 4 nitrogen and oxygen atoms in total. The zero-order valence-corrected chi connectivity index (χ0v) is 12.7. The van der Waals surface area contributed by atoms with E-state index in [4.69, 9.17) is 4.74 Å². The van der Waals surface area contributed by atoms with Crippen LogP contribution in [0.2, 0.25) is 0 Å². The van der Waals surface area contributed by atoms with Crippen molar-refractivity contribution in [2.24, 2.45) is 11.3 Å². The summed E-state index contributed by atoms with van der Waals surface area (Å²) in [6.07, 6.45) is 3.59. The van der Waals surface area contributed by atoms with Gasteiger partial charge in [-0.1, -0.05) is 27.2 Å². The summed E-state index contributed by atoms with van der Waals surface area (Å²) >= 11 is 0. The Morgan fingerprint density at radius 1 is 1.42 bits per heavy atom. The molecule has 0 aromatic carbocycles. The Morgan fingerprint density at radius 3 is 2.74 bits per heavy atom. The van der Waals surface area contributed by atoms with E-state index in [-0.39, 0.29) is 0 Å². The van der Waals surface area contributed by atoms with Gasteiger partial charge in [-0.25, -0.2) is 0 Å². The average Bonchev–Trinajstić information content (AvgIpc) is 2.74. The fourth-order valence-corrected chi connectivity index (χ4v) is 2.73. The molecule has 0 spiro atoms. The second-order valence-electron chi connectivity index (χ2n) is 6.16. The number of carboxylic acid groups (broad SMARTS) is 1. The average molecular weight is 271 g/mol. The second-order valence-corrected chi connectivity index (χ2v) is 6.16. The van der Waals surface area contributed by atoms with Crippen LogP contribution in [0.15, 0.2) is 0 Å². The Balaban J connectivity index is 2.25. The maximum Gasteiger partial charge on any atom is 0.310 e. The number of likely N-dealkylation sites (tertiary alicyclic amines) is 1. The van der Waals surface area contributed by atoms with Crippen LogP contribution in [0, 0.1) is 11.3 Å². The number of hydrogen-bond donors (Lipinski definition) is 1. The van der Waals surface area contributed by atoms with Crippen molar-refractivity contribution >= 4 is 5.97 Å². The van der Waals surface area contributed by atoms with Gasteiger partial charge in [0.25, 0.3) is 0 Å². The number of carboxylic acids is 1. The van der Waals surface area contributed by atoms with Gasteiger partial charge in [0.15, 0.2) is 0 Å². The van der Waals surface area contributed by atoms with Gasteiger partial charge in [-0.3, -0.25) is 9.69 Å². The van der Waals surface area contributed by atoms with Crippen molar-refractivity contribution in [1.82, 2.24) is 4.90 Å². The van der Waals surface area contributed by atoms with Gasteiger partial charge in [0.1, 0.15) is 0 Å². The minimum Gasteiger partial charge on any atom is -0.481 e. The van der Waals surface area contributed by atoms with Crippen LogP contribution in [0.3, 0.4) is 0 Å². The van der Waals surface area contributed by atoms with Gasteiger partial charge in [-0.05, 0) is 31.7 Å². The number of carbonyl (C=O) groups is 1. The first-order valence-electron chi connectivity index (χ1n) is 7.53. The zero-order valence-electron chi connectivity index (χ0n) is 12.7. The lowest BCUT2D eigenvalue weighted by Crippen LogP contribution is -2.35. The van der Waals surface area contributed by atoms with Crippen molar-refractivity contribution in [2.75, 3.05) is 32.8 Å². The molecule has 0 aromatic heterocycles. The molecule has 1 fully saturated rings. The third kappa shape index (κ3) is 5.11. The third-order valence-corrected chi connectivity index (χ3v) is 4.01. The first kappa shape index (κ1) is 16.4. The van der Waals surface area contributed by atoms with E-state index in [0.717, 1.165) is 45.4 Å². The summed E-state index contributed by atoms with van der Waals surface area (Å²) < 4.78 is 5.61. The molecule has 4 heteroatoms. The van der Waals surface area contributed by atoms with Crippen molar-refractivity contribution < 1.29 is 14.6 Å². The van der Waals surface area contributed by atoms with Crippen LogP contribution >= 0.6 is 0 Å². The molecule has 0 aliphatic carbocycles. The lowest BCUT2D eigenvalue weighted by molar-refractivity contribution is -0.148. The summed E-state index contributed by atoms with van der Waals surface area (Å²) in [5, 5.41) is 9.43. The summed E-state index contributed by atoms with van der Waals surface area (Å²) in [6.45, 7) is 10.4. The zero-order chi connectivity index (χ0) is 14.3. The van der Waals surface area contributed by atoms with Crippen LogP contribution in [0.25, 0.3) is 0 Å². The minimum absolute atomic E-state index is 0.507. The molecule has 1 N–H and O–H groups in total. The maximum absolute atomic E-state index is 11.5. The largest absolute Gasteiger partial charge is 0.481 e. The summed E-state index contributed by atoms with van der Waals surface area (Å²) in [6, 6.07) is 0. The van der Waals surface area contributed by atoms with E-state index in [2.05, 4.69) is 25.7 Å². The normalized spacial score (nSPS) is 24.2. The molecule has 19 heavy (non-hydrogen) atoms. The molecule has 1 saturated heterocycles. The highest BCUT2D eigenvalue weighted by Gasteiger charge is 2.43. The van der Waals surface area contributed by atoms with Crippen molar-refractivity contribution in [3.05, 3.63) is 0 Å². The minimum atomic E-state index is -0.627. The molecule has 112 valence electrons. The van der Waals surface area contributed by atoms with Crippen LogP contribution in [0.5, 0.6) is 0 Å². The molecule has 1 heterocycles. The number of nitrogens with zero attached hydrogens (tertiary/aromatic N) is 1. The topological polar surface area (TPSA) is 49.8 Å². The van der Waals surface area contributed by atoms with Gasteiger partial charge in [-0.2, -0.15) is 0 Å². The Morgan fingerprint density at radius 2 is 2.16 bits per heavy atom. The van der Waals surface area contributed by atoms with Crippen molar-refractivity contribution in [3.8, 4) is 0 Å². The smallest absolute Gasteiger partial charge is 0.310 e. The summed E-state index contributed by atoms with van der Waals surface area (Å²) in [4.78, 5) is 13.7. The van der Waals surface area contributed by atoms with E-state index >= 15 is 0 Å². The highest BCUT2D eigenvalue weighted by atomic mass is 16.5. The molecule has 1 atom stereocenters. The van der Waals surface area contributed by atoms with Gasteiger partial charge >= 0.3 is 5.97 Å². The predicted molar refractivity (Wildman–Crippen MR) is 76.3 cm³/mol. The Hall–Kier alpha value is -0.610. The Kier molecular flexibility index (Phi) is 6.80. The molecule has 1 rings (SSSR count). The third-order valence-electron chi connectivity index (χ3n) is 4.01. The van der Waals surface area contributed by atoms with Crippen molar-refractivity contribution in [3.63, 3.8) is 0 Å². The second kappa shape index (κ2) is 7.85. The standard InChI is InChI=1S/C15H29NO3/c1-4-6-15(14(17)18)7-8-16(12-15)9-11-19-10-5-13(2)3/h13H,4-12H2,1-3H3,(H,17,18). The molecular weight excluding hydrogens is 242 g/mol. The molecule has 1 unspecified atom stereocenters. The van der Waals surface area contributed by atoms with Crippen LogP contribution < -0.4 is 0 Å². The van der Waals surface area contributed by atoms with E-state index in [1.807, 2.05) is 0 Å². The summed E-state index contributed by atoms with van der Waals surface area (Å²) in [5.74, 6) is 0.0496. The van der Waals surface area contributed by atoms with Crippen LogP contribution in [-0.4, -0.2) is 48.8 Å². The highest BCUT2D eigenvalue weighted by Crippen LogP contribution is 2.35. The Bertz CT molecular complexity index is 281. The maximum atomic E-state index is 11.5. The van der Waals surface area contributed by atoms with E-state index < -0.39 is 11.4 Å². The number of hydrogen-bond acceptors (Lipinski definition) is 3. The van der Waals surface area contributed by atoms with Gasteiger partial charge in [0, 0.05) is 19.7 Å². The number of ether oxygens (including phenoxy) is 1. The van der Waals surface area contributed by atoms with E-state index in [1.165, 1.54) is 0 Å². The van der Waals surface area contributed by atoms with Crippen molar-refractivity contribution in [1.29, 1.82) is 0 Å². The van der Waals surface area contributed by atoms with E-state index in [1.54, 1.807) is 0 Å². The molecule has 1 aliphatic heterocycles. The first-order chi connectivity index (χ1) is 9.00. The predicted octanol–water partition coefficient (Wildman–Crippen LogP) is 2.63. The molecule has 0 radical (unpaired) electrons. The van der Waals surface area contributed by atoms with Gasteiger partial charge in [-0.15, -0.1) is 0 Å². The van der Waals surface area contributed by atoms with Crippen LogP contribution in [0.1, 0.15) is 46.5 Å². The van der Waals surface area contributed by atoms with E-state index in [0.29, 0.717) is 19.1 Å². The quantitative estimate of drug-likeness (QED) is 0.655. The first-order valence-corrected chi connectivity index (χ1v) is 7.53. The fraction of sp³-hybridized carbons (Fsp3) is 0.933. The van der Waals surface area contributed by atoms with Crippen LogP contribution in [0.4, 0.5) is 0 Å². The molecule has 0 saturated carbocycles. The Labute approximate surface area is 117 Å². The number of rotatable bonds is 9. The highest BCUT2D eigenvalue weighted by molar-refractivity contribution is 5.75. The molecule has 0 bridgehead atoms. The number of aliphatic carboxylic acids is 1. The van der Waals surface area contributed by atoms with Gasteiger partial charge < -0.3 is 9.84 Å². The SMILES string of the molecule is CCCC1(C(=O)O)CCN(CCOCCC(C)C)C1.